The van der Waals surface area contributed by atoms with Crippen LogP contribution in [-0.2, 0) is 4.79 Å². The first-order chi connectivity index (χ1) is 7.91. The van der Waals surface area contributed by atoms with Crippen LogP contribution in [0.15, 0.2) is 24.3 Å². The van der Waals surface area contributed by atoms with E-state index < -0.39 is 22.6 Å². The fourth-order valence-electron chi connectivity index (χ4n) is 1.28. The van der Waals surface area contributed by atoms with E-state index >= 15 is 0 Å². The molecule has 0 aliphatic carbocycles. The maximum atomic E-state index is 11.6. The number of nitro benzene ring substituents is 1. The molecule has 0 aliphatic rings. The Morgan fingerprint density at radius 2 is 2.12 bits per heavy atom. The van der Waals surface area contributed by atoms with Crippen molar-refractivity contribution in [2.45, 2.75) is 13.3 Å². The molecule has 17 heavy (non-hydrogen) atoms. The molecule has 1 rings (SSSR count). The predicted octanol–water partition coefficient (Wildman–Crippen LogP) is 1.89. The molecule has 0 saturated carbocycles. The summed E-state index contributed by atoms with van der Waals surface area (Å²) in [5.74, 6) is -2.28. The molecule has 90 valence electrons. The first kappa shape index (κ1) is 12.8. The number of carbonyl (C=O) groups excluding carboxylic acids is 1. The minimum Gasteiger partial charge on any atom is -0.481 e. The number of hydrogen-bond acceptors (Lipinski definition) is 4. The van der Waals surface area contributed by atoms with Gasteiger partial charge in [-0.25, -0.2) is 0 Å². The van der Waals surface area contributed by atoms with Gasteiger partial charge in [-0.05, 0) is 0 Å². The highest BCUT2D eigenvalue weighted by Gasteiger charge is 2.18. The minimum atomic E-state index is -1.07. The molecule has 0 bridgehead atoms. The summed E-state index contributed by atoms with van der Waals surface area (Å²) < 4.78 is 0. The summed E-state index contributed by atoms with van der Waals surface area (Å²) in [5, 5.41) is 19.2. The standard InChI is InChI=1S/C11H11NO5/c1-7(11(14)15)5-10(13)8-3-2-4-9(6-8)12(16)17/h2-4,6-7H,5H2,1H3,(H,14,15)/t7-/m0/s1. The zero-order valence-electron chi connectivity index (χ0n) is 9.12. The highest BCUT2D eigenvalue weighted by molar-refractivity contribution is 5.98. The van der Waals surface area contributed by atoms with Gasteiger partial charge >= 0.3 is 5.97 Å². The van der Waals surface area contributed by atoms with Gasteiger partial charge in [-0.3, -0.25) is 19.7 Å². The van der Waals surface area contributed by atoms with Crippen molar-refractivity contribution >= 4 is 17.4 Å². The van der Waals surface area contributed by atoms with Crippen molar-refractivity contribution in [1.82, 2.24) is 0 Å². The largest absolute Gasteiger partial charge is 0.481 e. The van der Waals surface area contributed by atoms with Crippen LogP contribution in [0.2, 0.25) is 0 Å². The topological polar surface area (TPSA) is 97.5 Å². The lowest BCUT2D eigenvalue weighted by Gasteiger charge is -2.04. The van der Waals surface area contributed by atoms with Gasteiger partial charge in [-0.1, -0.05) is 19.1 Å². The number of Topliss-reactive ketones (excluding diaryl/α,β-unsaturated/α-hetero) is 1. The summed E-state index contributed by atoms with van der Waals surface area (Å²) in [6, 6.07) is 5.26. The van der Waals surface area contributed by atoms with Crippen molar-refractivity contribution < 1.29 is 19.6 Å². The van der Waals surface area contributed by atoms with E-state index in [0.29, 0.717) is 0 Å². The summed E-state index contributed by atoms with van der Waals surface area (Å²) in [5.41, 5.74) is -0.0221. The first-order valence-electron chi connectivity index (χ1n) is 4.92. The fraction of sp³-hybridized carbons (Fsp3) is 0.273. The number of aliphatic carboxylic acids is 1. The summed E-state index contributed by atoms with van der Waals surface area (Å²) in [6.07, 6.45) is -0.170. The summed E-state index contributed by atoms with van der Waals surface area (Å²) in [7, 11) is 0. The van der Waals surface area contributed by atoms with Gasteiger partial charge in [-0.2, -0.15) is 0 Å². The van der Waals surface area contributed by atoms with Crippen molar-refractivity contribution in [2.24, 2.45) is 5.92 Å². The molecule has 0 aromatic heterocycles. The Bertz CT molecular complexity index is 469. The quantitative estimate of drug-likeness (QED) is 0.479. The average Bonchev–Trinajstić information content (AvgIpc) is 2.28. The van der Waals surface area contributed by atoms with Crippen LogP contribution in [0, 0.1) is 16.0 Å². The van der Waals surface area contributed by atoms with Crippen molar-refractivity contribution in [2.75, 3.05) is 0 Å². The van der Waals surface area contributed by atoms with Crippen molar-refractivity contribution in [3.8, 4) is 0 Å². The van der Waals surface area contributed by atoms with Crippen molar-refractivity contribution in [3.63, 3.8) is 0 Å². The first-order valence-corrected chi connectivity index (χ1v) is 4.92. The maximum absolute atomic E-state index is 11.6. The second kappa shape index (κ2) is 5.20. The number of benzene rings is 1. The van der Waals surface area contributed by atoms with Crippen LogP contribution < -0.4 is 0 Å². The Balaban J connectivity index is 2.86. The van der Waals surface area contributed by atoms with Crippen molar-refractivity contribution in [1.29, 1.82) is 0 Å². The van der Waals surface area contributed by atoms with E-state index in [9.17, 15) is 19.7 Å². The molecule has 0 unspecified atom stereocenters. The van der Waals surface area contributed by atoms with Crippen LogP contribution in [0.4, 0.5) is 5.69 Å². The molecule has 0 spiro atoms. The molecule has 0 radical (unpaired) electrons. The van der Waals surface area contributed by atoms with Gasteiger partial charge in [0.1, 0.15) is 0 Å². The molecule has 1 atom stereocenters. The van der Waals surface area contributed by atoms with Crippen LogP contribution in [0.5, 0.6) is 0 Å². The monoisotopic (exact) mass is 237 g/mol. The van der Waals surface area contributed by atoms with Crippen LogP contribution in [0.1, 0.15) is 23.7 Å². The molecule has 1 aromatic rings. The van der Waals surface area contributed by atoms with Gasteiger partial charge in [0.05, 0.1) is 10.8 Å². The smallest absolute Gasteiger partial charge is 0.306 e. The summed E-state index contributed by atoms with van der Waals surface area (Å²) >= 11 is 0. The van der Waals surface area contributed by atoms with E-state index in [-0.39, 0.29) is 17.7 Å². The molecular formula is C11H11NO5. The third kappa shape index (κ3) is 3.37. The minimum absolute atomic E-state index is 0.160. The fourth-order valence-corrected chi connectivity index (χ4v) is 1.28. The molecule has 6 nitrogen and oxygen atoms in total. The Kier molecular flexibility index (Phi) is 3.92. The molecule has 1 N–H and O–H groups in total. The third-order valence-electron chi connectivity index (χ3n) is 2.29. The third-order valence-corrected chi connectivity index (χ3v) is 2.29. The van der Waals surface area contributed by atoms with Crippen LogP contribution >= 0.6 is 0 Å². The number of nitro groups is 1. The number of hydrogen-bond donors (Lipinski definition) is 1. The number of non-ortho nitro benzene ring substituents is 1. The Hall–Kier alpha value is -2.24. The van der Waals surface area contributed by atoms with Gasteiger partial charge in [0, 0.05) is 24.1 Å². The van der Waals surface area contributed by atoms with Gasteiger partial charge in [-0.15, -0.1) is 0 Å². The van der Waals surface area contributed by atoms with Gasteiger partial charge < -0.3 is 5.11 Å². The van der Waals surface area contributed by atoms with E-state index in [0.717, 1.165) is 6.07 Å². The van der Waals surface area contributed by atoms with E-state index in [1.54, 1.807) is 0 Å². The van der Waals surface area contributed by atoms with Crippen LogP contribution in [0.25, 0.3) is 0 Å². The highest BCUT2D eigenvalue weighted by atomic mass is 16.6. The zero-order chi connectivity index (χ0) is 13.0. The molecule has 0 heterocycles. The lowest BCUT2D eigenvalue weighted by molar-refractivity contribution is -0.384. The molecule has 6 heteroatoms. The van der Waals surface area contributed by atoms with Crippen molar-refractivity contribution in [3.05, 3.63) is 39.9 Å². The molecule has 0 amide bonds. The second-order valence-corrected chi connectivity index (χ2v) is 3.67. The highest BCUT2D eigenvalue weighted by Crippen LogP contribution is 2.16. The number of carbonyl (C=O) groups is 2. The van der Waals surface area contributed by atoms with E-state index in [1.807, 2.05) is 0 Å². The van der Waals surface area contributed by atoms with Gasteiger partial charge in [0.15, 0.2) is 5.78 Å². The van der Waals surface area contributed by atoms with Gasteiger partial charge in [0.2, 0.25) is 0 Å². The van der Waals surface area contributed by atoms with Crippen LogP contribution in [0.3, 0.4) is 0 Å². The lowest BCUT2D eigenvalue weighted by atomic mass is 10.00. The molecule has 0 fully saturated rings. The average molecular weight is 237 g/mol. The Morgan fingerprint density at radius 1 is 1.47 bits per heavy atom. The number of nitrogens with zero attached hydrogens (tertiary/aromatic N) is 1. The second-order valence-electron chi connectivity index (χ2n) is 3.67. The van der Waals surface area contributed by atoms with E-state index in [4.69, 9.17) is 5.11 Å². The SMILES string of the molecule is C[C@@H](CC(=O)c1cccc([N+](=O)[O-])c1)C(=O)O. The summed E-state index contributed by atoms with van der Waals surface area (Å²) in [4.78, 5) is 32.1. The number of carboxylic acids is 1. The van der Waals surface area contributed by atoms with Gasteiger partial charge in [0.25, 0.3) is 5.69 Å². The lowest BCUT2D eigenvalue weighted by Crippen LogP contribution is -2.14. The molecule has 0 saturated heterocycles. The molecule has 1 aromatic carbocycles. The Labute approximate surface area is 97.0 Å². The maximum Gasteiger partial charge on any atom is 0.306 e. The summed E-state index contributed by atoms with van der Waals surface area (Å²) in [6.45, 7) is 1.41. The molecular weight excluding hydrogens is 226 g/mol. The molecule has 0 aliphatic heterocycles. The number of carboxylic acid groups (broad SMARTS) is 1. The van der Waals surface area contributed by atoms with Crippen LogP contribution in [-0.4, -0.2) is 21.8 Å². The predicted molar refractivity (Wildman–Crippen MR) is 58.8 cm³/mol. The number of ketones is 1. The Morgan fingerprint density at radius 3 is 2.65 bits per heavy atom. The zero-order valence-corrected chi connectivity index (χ0v) is 9.12. The normalized spacial score (nSPS) is 11.8. The number of rotatable bonds is 5. The van der Waals surface area contributed by atoms with E-state index in [1.165, 1.54) is 25.1 Å². The van der Waals surface area contributed by atoms with E-state index in [2.05, 4.69) is 0 Å².